The predicted octanol–water partition coefficient (Wildman–Crippen LogP) is 3.11. The lowest BCUT2D eigenvalue weighted by Crippen LogP contribution is -2.58. The Balaban J connectivity index is 2.33. The van der Waals surface area contributed by atoms with Crippen molar-refractivity contribution in [3.63, 3.8) is 0 Å². The molecule has 9 unspecified atom stereocenters. The van der Waals surface area contributed by atoms with Gasteiger partial charge in [0.1, 0.15) is 23.9 Å². The largest absolute Gasteiger partial charge is 0.459 e. The minimum atomic E-state index is -2.02. The molecule has 0 aromatic heterocycles. The van der Waals surface area contributed by atoms with Crippen molar-refractivity contribution in [2.75, 3.05) is 0 Å². The fraction of sp³-hybridized carbons (Fsp3) is 0.545. The summed E-state index contributed by atoms with van der Waals surface area (Å²) in [6.45, 7) is 13.8. The number of aliphatic hydroxyl groups is 2. The Morgan fingerprint density at radius 1 is 0.886 bits per heavy atom. The number of benzene rings is 1. The van der Waals surface area contributed by atoms with Crippen LogP contribution in [0.3, 0.4) is 0 Å². The Labute approximate surface area is 257 Å². The maximum absolute atomic E-state index is 13.6. The molecule has 1 fully saturated rings. The van der Waals surface area contributed by atoms with Gasteiger partial charge in [0, 0.05) is 37.7 Å². The number of carbonyl (C=O) groups excluding carboxylic acids is 5. The van der Waals surface area contributed by atoms with E-state index < -0.39 is 89.0 Å². The molecule has 0 aliphatic heterocycles. The van der Waals surface area contributed by atoms with Crippen LogP contribution in [0.2, 0.25) is 0 Å². The Morgan fingerprint density at radius 2 is 1.43 bits per heavy atom. The number of hydrogen-bond donors (Lipinski definition) is 2. The van der Waals surface area contributed by atoms with E-state index >= 15 is 0 Å². The zero-order chi connectivity index (χ0) is 33.1. The van der Waals surface area contributed by atoms with Crippen molar-refractivity contribution in [2.24, 2.45) is 23.2 Å². The number of Topliss-reactive ketones (excluding diaryl/α,β-unsaturated/α-hetero) is 1. The summed E-state index contributed by atoms with van der Waals surface area (Å²) >= 11 is 0. The van der Waals surface area contributed by atoms with E-state index in [-0.39, 0.29) is 17.6 Å². The van der Waals surface area contributed by atoms with Gasteiger partial charge in [-0.15, -0.1) is 0 Å². The van der Waals surface area contributed by atoms with Gasteiger partial charge in [0.05, 0.1) is 11.5 Å². The Bertz CT molecular complexity index is 1320. The number of esters is 4. The van der Waals surface area contributed by atoms with Crippen molar-refractivity contribution in [1.82, 2.24) is 0 Å². The van der Waals surface area contributed by atoms with E-state index in [0.29, 0.717) is 0 Å². The fourth-order valence-electron chi connectivity index (χ4n) is 6.28. The average molecular weight is 615 g/mol. The predicted molar refractivity (Wildman–Crippen MR) is 157 cm³/mol. The summed E-state index contributed by atoms with van der Waals surface area (Å²) in [5.41, 5.74) is -3.34. The maximum Gasteiger partial charge on any atom is 0.338 e. The number of allylic oxidation sites excluding steroid dienone is 1. The fourth-order valence-corrected chi connectivity index (χ4v) is 6.28. The van der Waals surface area contributed by atoms with E-state index in [1.165, 1.54) is 13.0 Å². The highest BCUT2D eigenvalue weighted by atomic mass is 16.6. The summed E-state index contributed by atoms with van der Waals surface area (Å²) < 4.78 is 22.9. The molecule has 9 atom stereocenters. The van der Waals surface area contributed by atoms with Crippen molar-refractivity contribution in [2.45, 2.75) is 91.0 Å². The number of hydrogen-bond acceptors (Lipinski definition) is 11. The first-order valence-corrected chi connectivity index (χ1v) is 14.5. The summed E-state index contributed by atoms with van der Waals surface area (Å²) in [4.78, 5) is 64.1. The summed E-state index contributed by atoms with van der Waals surface area (Å²) in [6, 6.07) is 8.12. The smallest absolute Gasteiger partial charge is 0.338 e. The van der Waals surface area contributed by atoms with Crippen molar-refractivity contribution >= 4 is 29.7 Å². The minimum absolute atomic E-state index is 0.0747. The average Bonchev–Trinajstić information content (AvgIpc) is 3.19. The molecular weight excluding hydrogens is 572 g/mol. The number of aliphatic hydroxyl groups excluding tert-OH is 1. The van der Waals surface area contributed by atoms with E-state index in [0.717, 1.165) is 13.8 Å². The molecule has 240 valence electrons. The summed E-state index contributed by atoms with van der Waals surface area (Å²) in [5.74, 6) is -6.53. The molecule has 44 heavy (non-hydrogen) atoms. The molecule has 0 radical (unpaired) electrons. The second kappa shape index (κ2) is 13.4. The second-order valence-corrected chi connectivity index (χ2v) is 12.3. The molecule has 3 rings (SSSR count). The highest BCUT2D eigenvalue weighted by Crippen LogP contribution is 2.51. The van der Waals surface area contributed by atoms with Gasteiger partial charge in [-0.25, -0.2) is 4.79 Å². The van der Waals surface area contributed by atoms with Crippen LogP contribution >= 0.6 is 0 Å². The quantitative estimate of drug-likeness (QED) is 0.285. The first-order chi connectivity index (χ1) is 20.4. The van der Waals surface area contributed by atoms with Gasteiger partial charge in [0.2, 0.25) is 0 Å². The molecule has 11 nitrogen and oxygen atoms in total. The van der Waals surface area contributed by atoms with Crippen LogP contribution in [0.4, 0.5) is 0 Å². The SMILES string of the molecule is C=C1C(OC(C)=O)C(O)C(=O)C(C)(C)C=CC(C)C(OC(C)=O)C2(O)CC(C)C(OC(=O)c3ccccc3)C2C1OC(C)=O. The zero-order valence-corrected chi connectivity index (χ0v) is 26.1. The van der Waals surface area contributed by atoms with Crippen molar-refractivity contribution in [3.05, 3.63) is 60.2 Å². The van der Waals surface area contributed by atoms with Crippen LogP contribution in [-0.4, -0.2) is 76.0 Å². The van der Waals surface area contributed by atoms with Gasteiger partial charge >= 0.3 is 23.9 Å². The number of ether oxygens (including phenoxy) is 4. The molecule has 2 aliphatic rings. The number of ketones is 1. The molecule has 1 aromatic rings. The Hall–Kier alpha value is -3.83. The molecule has 2 N–H and O–H groups in total. The summed E-state index contributed by atoms with van der Waals surface area (Å²) in [7, 11) is 0. The lowest BCUT2D eigenvalue weighted by molar-refractivity contribution is -0.192. The summed E-state index contributed by atoms with van der Waals surface area (Å²) in [5, 5.41) is 23.9. The third kappa shape index (κ3) is 7.27. The number of fused-ring (bicyclic) bond motifs is 1. The first kappa shape index (κ1) is 34.7. The Morgan fingerprint density at radius 3 is 1.98 bits per heavy atom. The normalized spacial score (nSPS) is 33.7. The third-order valence-corrected chi connectivity index (χ3v) is 8.31. The van der Waals surface area contributed by atoms with E-state index in [1.54, 1.807) is 64.1 Å². The van der Waals surface area contributed by atoms with Gasteiger partial charge in [-0.2, -0.15) is 0 Å². The molecule has 1 saturated carbocycles. The van der Waals surface area contributed by atoms with Gasteiger partial charge in [-0.1, -0.05) is 50.8 Å². The van der Waals surface area contributed by atoms with Gasteiger partial charge in [0.25, 0.3) is 0 Å². The molecule has 0 bridgehead atoms. The van der Waals surface area contributed by atoms with Crippen LogP contribution in [0.15, 0.2) is 54.6 Å². The third-order valence-electron chi connectivity index (χ3n) is 8.31. The molecule has 0 spiro atoms. The van der Waals surface area contributed by atoms with Crippen LogP contribution < -0.4 is 0 Å². The van der Waals surface area contributed by atoms with Crippen molar-refractivity contribution in [1.29, 1.82) is 0 Å². The van der Waals surface area contributed by atoms with Crippen LogP contribution in [-0.2, 0) is 38.1 Å². The van der Waals surface area contributed by atoms with E-state index in [1.807, 2.05) is 0 Å². The highest BCUT2D eigenvalue weighted by molar-refractivity contribution is 5.91. The van der Waals surface area contributed by atoms with Gasteiger partial charge in [0.15, 0.2) is 18.0 Å². The topological polar surface area (TPSA) is 163 Å². The highest BCUT2D eigenvalue weighted by Gasteiger charge is 2.63. The molecular formula is C33H42O11. The van der Waals surface area contributed by atoms with Gasteiger partial charge < -0.3 is 29.2 Å². The van der Waals surface area contributed by atoms with Crippen molar-refractivity contribution in [3.8, 4) is 0 Å². The van der Waals surface area contributed by atoms with Crippen LogP contribution in [0.5, 0.6) is 0 Å². The van der Waals surface area contributed by atoms with E-state index in [9.17, 15) is 34.2 Å². The van der Waals surface area contributed by atoms with Crippen LogP contribution in [0, 0.1) is 23.2 Å². The maximum atomic E-state index is 13.6. The zero-order valence-electron chi connectivity index (χ0n) is 26.1. The lowest BCUT2D eigenvalue weighted by Gasteiger charge is -2.44. The van der Waals surface area contributed by atoms with E-state index in [2.05, 4.69) is 6.58 Å². The lowest BCUT2D eigenvalue weighted by atomic mass is 9.72. The first-order valence-electron chi connectivity index (χ1n) is 14.5. The number of carbonyl (C=O) groups is 5. The van der Waals surface area contributed by atoms with Crippen LogP contribution in [0.1, 0.15) is 65.2 Å². The van der Waals surface area contributed by atoms with Gasteiger partial charge in [-0.3, -0.25) is 19.2 Å². The standard InChI is InChI=1S/C33H42O11/c1-17-14-15-32(7,8)29(38)25(37)28(42-21(5)35)19(3)27(41-20(4)34)24-26(44-31(39)23-12-10-9-11-13-23)18(2)16-33(24,40)30(17)43-22(6)36/h9-15,17-18,24-28,30,37,40H,3,16H2,1-2,4-8H3. The monoisotopic (exact) mass is 614 g/mol. The molecule has 2 aliphatic carbocycles. The molecule has 0 heterocycles. The molecule has 0 amide bonds. The van der Waals surface area contributed by atoms with E-state index in [4.69, 9.17) is 18.9 Å². The molecule has 11 heteroatoms. The van der Waals surface area contributed by atoms with Gasteiger partial charge in [-0.05, 0) is 38.3 Å². The second-order valence-electron chi connectivity index (χ2n) is 12.3. The number of rotatable bonds is 5. The van der Waals surface area contributed by atoms with Crippen molar-refractivity contribution < 1.29 is 53.1 Å². The summed E-state index contributed by atoms with van der Waals surface area (Å²) in [6.07, 6.45) is -4.66. The minimum Gasteiger partial charge on any atom is -0.459 e. The molecule has 1 aromatic carbocycles. The van der Waals surface area contributed by atoms with Crippen LogP contribution in [0.25, 0.3) is 0 Å². The Kier molecular flexibility index (Phi) is 10.6. The molecule has 0 saturated heterocycles.